The van der Waals surface area contributed by atoms with Gasteiger partial charge in [0, 0.05) is 0 Å². The zero-order chi connectivity index (χ0) is 6.69. The molecule has 0 saturated heterocycles. The molecule has 0 aromatic carbocycles. The van der Waals surface area contributed by atoms with Crippen LogP contribution in [0.15, 0.2) is 12.1 Å². The largest absolute Gasteiger partial charge is 1.00 e. The summed E-state index contributed by atoms with van der Waals surface area (Å²) in [6.07, 6.45) is 2.63. The van der Waals surface area contributed by atoms with Crippen molar-refractivity contribution in [2.24, 2.45) is 0 Å². The number of hydrogen-bond acceptors (Lipinski definition) is 2. The first-order chi connectivity index (χ1) is 4.30. The standard InChI is InChI=1S/C7H9N2.Ru/c1-6(2)7-4-3-5-8-9-7;/h3-4,6H,1-2H3;/q-1;+1. The Morgan fingerprint density at radius 1 is 1.50 bits per heavy atom. The van der Waals surface area contributed by atoms with E-state index in [1.54, 1.807) is 6.07 Å². The molecule has 1 aromatic rings. The number of aromatic nitrogens is 2. The fraction of sp³-hybridized carbons (Fsp3) is 0.429. The molecular weight excluding hydrogens is 213 g/mol. The summed E-state index contributed by atoms with van der Waals surface area (Å²) in [6, 6.07) is 3.71. The van der Waals surface area contributed by atoms with Crippen molar-refractivity contribution in [3.63, 3.8) is 0 Å². The summed E-state index contributed by atoms with van der Waals surface area (Å²) in [5.74, 6) is 0.465. The maximum atomic E-state index is 3.87. The molecule has 1 heterocycles. The van der Waals surface area contributed by atoms with Crippen LogP contribution < -0.4 is 0 Å². The van der Waals surface area contributed by atoms with E-state index in [1.165, 1.54) is 0 Å². The minimum absolute atomic E-state index is 0. The number of nitrogens with zero attached hydrogens (tertiary/aromatic N) is 2. The SMILES string of the molecule is CC(C)c1cc[c-]nn1.[Ru+]. The van der Waals surface area contributed by atoms with E-state index < -0.39 is 0 Å². The monoisotopic (exact) mass is 223 g/mol. The molecule has 0 saturated carbocycles. The zero-order valence-corrected chi connectivity index (χ0v) is 7.72. The van der Waals surface area contributed by atoms with Gasteiger partial charge in [-0.1, -0.05) is 13.8 Å². The van der Waals surface area contributed by atoms with Gasteiger partial charge in [0.15, 0.2) is 0 Å². The molecule has 10 heavy (non-hydrogen) atoms. The maximum absolute atomic E-state index is 3.87. The van der Waals surface area contributed by atoms with Gasteiger partial charge in [0.2, 0.25) is 0 Å². The molecule has 0 amide bonds. The zero-order valence-electron chi connectivity index (χ0n) is 5.98. The molecular formula is C7H9N2Ru. The Morgan fingerprint density at radius 2 is 2.20 bits per heavy atom. The summed E-state index contributed by atoms with van der Waals surface area (Å²) in [7, 11) is 0. The van der Waals surface area contributed by atoms with Crippen molar-refractivity contribution in [1.29, 1.82) is 0 Å². The molecule has 0 atom stereocenters. The van der Waals surface area contributed by atoms with Gasteiger partial charge in [-0.05, 0) is 11.6 Å². The van der Waals surface area contributed by atoms with Gasteiger partial charge in [0.05, 0.1) is 0 Å². The molecule has 0 bridgehead atoms. The van der Waals surface area contributed by atoms with Crippen molar-refractivity contribution in [2.45, 2.75) is 19.8 Å². The molecule has 1 rings (SSSR count). The molecule has 0 aliphatic heterocycles. The summed E-state index contributed by atoms with van der Waals surface area (Å²) >= 11 is 0. The minimum atomic E-state index is 0. The van der Waals surface area contributed by atoms with Gasteiger partial charge in [-0.2, -0.15) is 11.2 Å². The second-order valence-corrected chi connectivity index (χ2v) is 2.24. The molecule has 0 aliphatic rings. The van der Waals surface area contributed by atoms with Gasteiger partial charge in [0.25, 0.3) is 0 Å². The Hall–Kier alpha value is -0.297. The summed E-state index contributed by atoms with van der Waals surface area (Å²) < 4.78 is 0. The van der Waals surface area contributed by atoms with E-state index in [0.717, 1.165) is 5.69 Å². The molecule has 2 nitrogen and oxygen atoms in total. The Labute approximate surface area is 73.8 Å². The van der Waals surface area contributed by atoms with Crippen LogP contribution in [0.1, 0.15) is 25.5 Å². The molecule has 3 heteroatoms. The van der Waals surface area contributed by atoms with Crippen LogP contribution in [0.25, 0.3) is 0 Å². The molecule has 0 N–H and O–H groups in total. The van der Waals surface area contributed by atoms with Gasteiger partial charge in [-0.3, -0.25) is 5.10 Å². The Balaban J connectivity index is 0.000000810. The van der Waals surface area contributed by atoms with Crippen molar-refractivity contribution in [2.75, 3.05) is 0 Å². The third kappa shape index (κ3) is 2.53. The van der Waals surface area contributed by atoms with Crippen LogP contribution in [-0.4, -0.2) is 10.2 Å². The van der Waals surface area contributed by atoms with Crippen molar-refractivity contribution < 1.29 is 19.5 Å². The predicted octanol–water partition coefficient (Wildman–Crippen LogP) is 1.40. The van der Waals surface area contributed by atoms with Gasteiger partial charge >= 0.3 is 19.5 Å². The third-order valence-electron chi connectivity index (χ3n) is 1.14. The van der Waals surface area contributed by atoms with Crippen LogP contribution in [0, 0.1) is 6.20 Å². The van der Waals surface area contributed by atoms with Crippen molar-refractivity contribution in [3.05, 3.63) is 24.0 Å². The van der Waals surface area contributed by atoms with Crippen molar-refractivity contribution in [3.8, 4) is 0 Å². The minimum Gasteiger partial charge on any atom is -0.268 e. The summed E-state index contributed by atoms with van der Waals surface area (Å²) in [6.45, 7) is 4.17. The first-order valence-electron chi connectivity index (χ1n) is 3.00. The van der Waals surface area contributed by atoms with Crippen molar-refractivity contribution in [1.82, 2.24) is 10.2 Å². The molecule has 0 unspecified atom stereocenters. The fourth-order valence-electron chi connectivity index (χ4n) is 0.584. The predicted molar refractivity (Wildman–Crippen MR) is 35.0 cm³/mol. The van der Waals surface area contributed by atoms with Crippen LogP contribution in [-0.2, 0) is 19.5 Å². The molecule has 0 fully saturated rings. The van der Waals surface area contributed by atoms with Crippen molar-refractivity contribution >= 4 is 0 Å². The molecule has 0 spiro atoms. The van der Waals surface area contributed by atoms with E-state index in [2.05, 4.69) is 30.2 Å². The maximum Gasteiger partial charge on any atom is 1.00 e. The summed E-state index contributed by atoms with van der Waals surface area (Å²) in [4.78, 5) is 0. The van der Waals surface area contributed by atoms with Crippen LogP contribution in [0.2, 0.25) is 0 Å². The second-order valence-electron chi connectivity index (χ2n) is 2.24. The van der Waals surface area contributed by atoms with E-state index in [0.29, 0.717) is 5.92 Å². The summed E-state index contributed by atoms with van der Waals surface area (Å²) in [5.41, 5.74) is 1.02. The van der Waals surface area contributed by atoms with Gasteiger partial charge in [-0.15, -0.1) is 6.20 Å². The average molecular weight is 222 g/mol. The Bertz CT molecular complexity index is 174. The van der Waals surface area contributed by atoms with E-state index in [1.807, 2.05) is 6.07 Å². The van der Waals surface area contributed by atoms with Gasteiger partial charge in [-0.25, -0.2) is 6.07 Å². The molecule has 0 aliphatic carbocycles. The van der Waals surface area contributed by atoms with E-state index >= 15 is 0 Å². The second kappa shape index (κ2) is 4.51. The molecule has 1 radical (unpaired) electrons. The number of hydrogen-bond donors (Lipinski definition) is 0. The Morgan fingerprint density at radius 3 is 2.50 bits per heavy atom. The van der Waals surface area contributed by atoms with E-state index in [9.17, 15) is 0 Å². The third-order valence-corrected chi connectivity index (χ3v) is 1.14. The van der Waals surface area contributed by atoms with Gasteiger partial charge in [0.1, 0.15) is 0 Å². The van der Waals surface area contributed by atoms with Gasteiger partial charge < -0.3 is 0 Å². The first kappa shape index (κ1) is 9.70. The topological polar surface area (TPSA) is 25.8 Å². The van der Waals surface area contributed by atoms with E-state index in [4.69, 9.17) is 0 Å². The fourth-order valence-corrected chi connectivity index (χ4v) is 0.584. The quantitative estimate of drug-likeness (QED) is 0.530. The van der Waals surface area contributed by atoms with Crippen LogP contribution in [0.3, 0.4) is 0 Å². The summed E-state index contributed by atoms with van der Waals surface area (Å²) in [5, 5.41) is 7.50. The normalized spacial score (nSPS) is 9.10. The molecule has 1 aromatic heterocycles. The van der Waals surface area contributed by atoms with E-state index in [-0.39, 0.29) is 19.5 Å². The number of rotatable bonds is 1. The van der Waals surface area contributed by atoms with Crippen LogP contribution in [0.4, 0.5) is 0 Å². The van der Waals surface area contributed by atoms with Crippen LogP contribution >= 0.6 is 0 Å². The van der Waals surface area contributed by atoms with Crippen LogP contribution in [0.5, 0.6) is 0 Å². The molecule has 55 valence electrons. The first-order valence-corrected chi connectivity index (χ1v) is 3.00. The Kier molecular flexibility index (Phi) is 4.37. The smallest absolute Gasteiger partial charge is 0.268 e. The average Bonchev–Trinajstić information content (AvgIpc) is 1.90.